The van der Waals surface area contributed by atoms with Gasteiger partial charge in [-0.2, -0.15) is 4.31 Å². The van der Waals surface area contributed by atoms with E-state index in [1.54, 1.807) is 36.5 Å². The van der Waals surface area contributed by atoms with E-state index in [-0.39, 0.29) is 22.8 Å². The Balaban J connectivity index is 1.56. The van der Waals surface area contributed by atoms with Crippen LogP contribution in [-0.2, 0) is 38.9 Å². The zero-order valence-corrected chi connectivity index (χ0v) is 28.3. The van der Waals surface area contributed by atoms with E-state index in [1.807, 2.05) is 54.9 Å². The molecule has 0 saturated heterocycles. The maximum Gasteiger partial charge on any atom is 0.243 e. The average Bonchev–Trinajstić information content (AvgIpc) is 3.08. The molecule has 2 heterocycles. The standard InChI is InChI=1S/C37H45N5O4S/c1-29(43)40-33-20-22-35(23-21-33)47(45,46)42(3)36(24-19-30-11-5-4-6-12-30)37(44)41(2)34(17-7-13-31-15-9-25-38-27-31)18-8-14-32-16-10-26-39-28-32/h4-6,9-12,15-16,20-23,25-28,34,36H,7-8,13-14,17-19,24H2,1-3H3,(H,40,43)/t36-/m0/s1. The van der Waals surface area contributed by atoms with Gasteiger partial charge in [-0.25, -0.2) is 8.42 Å². The highest BCUT2D eigenvalue weighted by Crippen LogP contribution is 2.25. The van der Waals surface area contributed by atoms with Gasteiger partial charge in [-0.3, -0.25) is 19.6 Å². The molecule has 0 bridgehead atoms. The second-order valence-electron chi connectivity index (χ2n) is 11.9. The fraction of sp³-hybridized carbons (Fsp3) is 0.351. The topological polar surface area (TPSA) is 113 Å². The van der Waals surface area contributed by atoms with Crippen LogP contribution in [0.3, 0.4) is 0 Å². The molecule has 2 aromatic carbocycles. The molecule has 0 fully saturated rings. The summed E-state index contributed by atoms with van der Waals surface area (Å²) in [5.74, 6) is -0.475. The van der Waals surface area contributed by atoms with Crippen LogP contribution in [0, 0.1) is 0 Å². The summed E-state index contributed by atoms with van der Waals surface area (Å²) >= 11 is 0. The van der Waals surface area contributed by atoms with Gasteiger partial charge in [-0.15, -0.1) is 0 Å². The smallest absolute Gasteiger partial charge is 0.243 e. The Morgan fingerprint density at radius 2 is 1.28 bits per heavy atom. The minimum absolute atomic E-state index is 0.0544. The summed E-state index contributed by atoms with van der Waals surface area (Å²) < 4.78 is 29.1. The number of hydrogen-bond donors (Lipinski definition) is 1. The van der Waals surface area contributed by atoms with Gasteiger partial charge in [-0.1, -0.05) is 42.5 Å². The van der Waals surface area contributed by atoms with Gasteiger partial charge in [0.1, 0.15) is 6.04 Å². The molecule has 1 N–H and O–H groups in total. The number of nitrogens with one attached hydrogen (secondary N) is 1. The van der Waals surface area contributed by atoms with Crippen molar-refractivity contribution in [2.24, 2.45) is 0 Å². The highest BCUT2D eigenvalue weighted by Gasteiger charge is 2.36. The zero-order chi connectivity index (χ0) is 33.6. The third kappa shape index (κ3) is 10.6. The molecular weight excluding hydrogens is 611 g/mol. The van der Waals surface area contributed by atoms with Crippen molar-refractivity contribution in [1.29, 1.82) is 0 Å². The molecule has 4 rings (SSSR count). The minimum Gasteiger partial charge on any atom is -0.341 e. The van der Waals surface area contributed by atoms with Crippen molar-refractivity contribution in [3.05, 3.63) is 120 Å². The lowest BCUT2D eigenvalue weighted by Crippen LogP contribution is -2.51. The second-order valence-corrected chi connectivity index (χ2v) is 13.9. The summed E-state index contributed by atoms with van der Waals surface area (Å²) in [4.78, 5) is 36.2. The van der Waals surface area contributed by atoms with Crippen LogP contribution in [0.5, 0.6) is 0 Å². The molecular formula is C37H45N5O4S. The van der Waals surface area contributed by atoms with Gasteiger partial charge in [-0.05, 0) is 104 Å². The van der Waals surface area contributed by atoms with E-state index in [1.165, 1.54) is 30.4 Å². The molecule has 0 radical (unpaired) electrons. The van der Waals surface area contributed by atoms with Crippen molar-refractivity contribution in [3.8, 4) is 0 Å². The Hall–Kier alpha value is -4.41. The normalized spacial score (nSPS) is 12.2. The summed E-state index contributed by atoms with van der Waals surface area (Å²) in [5, 5.41) is 2.66. The van der Waals surface area contributed by atoms with Crippen molar-refractivity contribution in [1.82, 2.24) is 19.2 Å². The lowest BCUT2D eigenvalue weighted by molar-refractivity contribution is -0.136. The highest BCUT2D eigenvalue weighted by molar-refractivity contribution is 7.89. The first-order chi connectivity index (χ1) is 22.6. The van der Waals surface area contributed by atoms with Gasteiger partial charge in [0.2, 0.25) is 21.8 Å². The summed E-state index contributed by atoms with van der Waals surface area (Å²) in [6, 6.07) is 22.8. The average molecular weight is 656 g/mol. The number of pyridine rings is 2. The monoisotopic (exact) mass is 655 g/mol. The molecule has 4 aromatic rings. The van der Waals surface area contributed by atoms with E-state index in [4.69, 9.17) is 0 Å². The maximum atomic E-state index is 14.4. The first-order valence-corrected chi connectivity index (χ1v) is 17.5. The summed E-state index contributed by atoms with van der Waals surface area (Å²) in [6.45, 7) is 1.39. The first-order valence-electron chi connectivity index (χ1n) is 16.1. The Morgan fingerprint density at radius 3 is 1.79 bits per heavy atom. The molecule has 10 heteroatoms. The molecule has 0 saturated carbocycles. The van der Waals surface area contributed by atoms with E-state index in [0.29, 0.717) is 18.5 Å². The van der Waals surface area contributed by atoms with E-state index in [0.717, 1.165) is 55.2 Å². The van der Waals surface area contributed by atoms with Crippen LogP contribution in [0.4, 0.5) is 5.69 Å². The quantitative estimate of drug-likeness (QED) is 0.151. The van der Waals surface area contributed by atoms with E-state index < -0.39 is 16.1 Å². The zero-order valence-electron chi connectivity index (χ0n) is 27.5. The Kier molecular flexibility index (Phi) is 13.2. The minimum atomic E-state index is -4.04. The van der Waals surface area contributed by atoms with Gasteiger partial charge in [0.15, 0.2) is 0 Å². The van der Waals surface area contributed by atoms with Crippen molar-refractivity contribution < 1.29 is 18.0 Å². The lowest BCUT2D eigenvalue weighted by atomic mass is 9.97. The predicted octanol–water partition coefficient (Wildman–Crippen LogP) is 5.93. The number of aryl methyl sites for hydroxylation is 3. The van der Waals surface area contributed by atoms with Gasteiger partial charge >= 0.3 is 0 Å². The fourth-order valence-electron chi connectivity index (χ4n) is 5.78. The predicted molar refractivity (Wildman–Crippen MR) is 185 cm³/mol. The molecule has 2 amide bonds. The van der Waals surface area contributed by atoms with Crippen LogP contribution in [0.15, 0.2) is 109 Å². The van der Waals surface area contributed by atoms with Crippen molar-refractivity contribution in [3.63, 3.8) is 0 Å². The van der Waals surface area contributed by atoms with Gasteiger partial charge < -0.3 is 10.2 Å². The van der Waals surface area contributed by atoms with Crippen LogP contribution in [0.1, 0.15) is 55.7 Å². The van der Waals surface area contributed by atoms with Crippen molar-refractivity contribution >= 4 is 27.5 Å². The van der Waals surface area contributed by atoms with Crippen LogP contribution in [0.25, 0.3) is 0 Å². The summed E-state index contributed by atoms with van der Waals surface area (Å²) in [7, 11) is -0.749. The molecule has 47 heavy (non-hydrogen) atoms. The highest BCUT2D eigenvalue weighted by atomic mass is 32.2. The molecule has 2 aromatic heterocycles. The number of carbonyl (C=O) groups is 2. The third-order valence-corrected chi connectivity index (χ3v) is 10.4. The number of hydrogen-bond acceptors (Lipinski definition) is 6. The SMILES string of the molecule is CC(=O)Nc1ccc(S(=O)(=O)N(C)[C@@H](CCc2ccccc2)C(=O)N(C)C(CCCc2cccnc2)CCCc2cccnc2)cc1. The number of aromatic nitrogens is 2. The van der Waals surface area contributed by atoms with Crippen LogP contribution in [0.2, 0.25) is 0 Å². The van der Waals surface area contributed by atoms with E-state index in [2.05, 4.69) is 27.4 Å². The number of benzene rings is 2. The molecule has 0 aliphatic rings. The number of amides is 2. The first kappa shape index (κ1) is 35.4. The maximum absolute atomic E-state index is 14.4. The van der Waals surface area contributed by atoms with Gasteiger partial charge in [0, 0.05) is 57.5 Å². The molecule has 1 atom stereocenters. The number of sulfonamides is 1. The summed E-state index contributed by atoms with van der Waals surface area (Å²) in [5.41, 5.74) is 3.82. The van der Waals surface area contributed by atoms with Gasteiger partial charge in [0.05, 0.1) is 4.90 Å². The largest absolute Gasteiger partial charge is 0.341 e. The number of carbonyl (C=O) groups excluding carboxylic acids is 2. The van der Waals surface area contributed by atoms with E-state index >= 15 is 0 Å². The molecule has 248 valence electrons. The van der Waals surface area contributed by atoms with Crippen molar-refractivity contribution in [2.75, 3.05) is 19.4 Å². The van der Waals surface area contributed by atoms with Crippen LogP contribution >= 0.6 is 0 Å². The van der Waals surface area contributed by atoms with Crippen LogP contribution < -0.4 is 5.32 Å². The van der Waals surface area contributed by atoms with Crippen LogP contribution in [-0.4, -0.2) is 65.6 Å². The number of likely N-dealkylation sites (N-methyl/N-ethyl adjacent to an activating group) is 2. The lowest BCUT2D eigenvalue weighted by Gasteiger charge is -2.35. The van der Waals surface area contributed by atoms with Gasteiger partial charge in [0.25, 0.3) is 0 Å². The molecule has 0 aliphatic heterocycles. The number of nitrogens with zero attached hydrogens (tertiary/aromatic N) is 4. The molecule has 0 aliphatic carbocycles. The fourth-order valence-corrected chi connectivity index (χ4v) is 7.12. The Morgan fingerprint density at radius 1 is 0.723 bits per heavy atom. The third-order valence-electron chi connectivity index (χ3n) is 8.47. The Labute approximate surface area is 279 Å². The molecule has 0 unspecified atom stereocenters. The molecule has 9 nitrogen and oxygen atoms in total. The Bertz CT molecular complexity index is 1610. The molecule has 0 spiro atoms. The number of rotatable bonds is 17. The number of anilines is 1. The van der Waals surface area contributed by atoms with Crippen molar-refractivity contribution in [2.45, 2.75) is 75.3 Å². The van der Waals surface area contributed by atoms with E-state index in [9.17, 15) is 18.0 Å². The second kappa shape index (κ2) is 17.5. The summed E-state index contributed by atoms with van der Waals surface area (Å²) in [6.07, 6.45) is 13.1.